The smallest absolute Gasteiger partial charge is 0.229 e. The number of carbonyl (C=O) groups is 1. The van der Waals surface area contributed by atoms with E-state index >= 15 is 0 Å². The highest BCUT2D eigenvalue weighted by Gasteiger charge is 2.30. The maximum absolute atomic E-state index is 11.6. The summed E-state index contributed by atoms with van der Waals surface area (Å²) in [5.41, 5.74) is 1.35. The molecule has 1 aromatic rings. The molecule has 0 radical (unpaired) electrons. The monoisotopic (exact) mass is 285 g/mol. The highest BCUT2D eigenvalue weighted by atomic mass is 79.9. The molecule has 0 saturated carbocycles. The lowest BCUT2D eigenvalue weighted by atomic mass is 10.1. The van der Waals surface area contributed by atoms with Crippen LogP contribution in [0.3, 0.4) is 0 Å². The van der Waals surface area contributed by atoms with Gasteiger partial charge in [0.25, 0.3) is 0 Å². The van der Waals surface area contributed by atoms with Crippen molar-refractivity contribution < 1.29 is 15.0 Å². The lowest BCUT2D eigenvalue weighted by Gasteiger charge is -2.19. The molecule has 0 bridgehead atoms. The van der Waals surface area contributed by atoms with Gasteiger partial charge >= 0.3 is 0 Å². The van der Waals surface area contributed by atoms with Crippen LogP contribution in [0.2, 0.25) is 0 Å². The summed E-state index contributed by atoms with van der Waals surface area (Å²) in [5, 5.41) is 18.6. The van der Waals surface area contributed by atoms with Gasteiger partial charge in [0.1, 0.15) is 0 Å². The number of hydrogen-bond acceptors (Lipinski definition) is 3. The molecular weight excluding hydrogens is 274 g/mol. The van der Waals surface area contributed by atoms with Gasteiger partial charge in [-0.2, -0.15) is 0 Å². The zero-order valence-corrected chi connectivity index (χ0v) is 10.1. The summed E-state index contributed by atoms with van der Waals surface area (Å²) in [5.74, 6) is -0.111. The van der Waals surface area contributed by atoms with E-state index in [0.29, 0.717) is 17.8 Å². The Hall–Kier alpha value is -0.910. The van der Waals surface area contributed by atoms with Gasteiger partial charge < -0.3 is 15.1 Å². The maximum atomic E-state index is 11.6. The number of rotatable bonds is 2. The molecule has 1 fully saturated rings. The highest BCUT2D eigenvalue weighted by molar-refractivity contribution is 9.10. The molecule has 86 valence electrons. The first-order chi connectivity index (χ1) is 7.61. The molecule has 1 heterocycles. The molecule has 2 rings (SSSR count). The summed E-state index contributed by atoms with van der Waals surface area (Å²) in [6.45, 7) is 0.171. The van der Waals surface area contributed by atoms with Crippen LogP contribution in [0.4, 0.5) is 5.69 Å². The molecule has 2 N–H and O–H groups in total. The Morgan fingerprint density at radius 1 is 1.50 bits per heavy atom. The van der Waals surface area contributed by atoms with Crippen LogP contribution in [-0.4, -0.2) is 28.8 Å². The largest absolute Gasteiger partial charge is 0.392 e. The van der Waals surface area contributed by atoms with E-state index in [0.717, 1.165) is 4.47 Å². The average Bonchev–Trinajstić information content (AvgIpc) is 2.57. The maximum Gasteiger partial charge on any atom is 0.229 e. The molecule has 0 aromatic heterocycles. The Morgan fingerprint density at radius 3 is 2.81 bits per heavy atom. The Kier molecular flexibility index (Phi) is 3.28. The number of amides is 1. The second kappa shape index (κ2) is 4.53. The SMILES string of the molecule is O=C1CC(O)CN1c1cc(Br)ccc1CO. The van der Waals surface area contributed by atoms with Crippen molar-refractivity contribution in [2.75, 3.05) is 11.4 Å². The molecule has 0 aliphatic carbocycles. The van der Waals surface area contributed by atoms with E-state index in [1.807, 2.05) is 6.07 Å². The highest BCUT2D eigenvalue weighted by Crippen LogP contribution is 2.28. The van der Waals surface area contributed by atoms with Crippen molar-refractivity contribution in [2.45, 2.75) is 19.1 Å². The molecule has 0 spiro atoms. The molecule has 1 amide bonds. The Labute approximate surface area is 102 Å². The van der Waals surface area contributed by atoms with Crippen molar-refractivity contribution in [1.29, 1.82) is 0 Å². The minimum atomic E-state index is -0.613. The lowest BCUT2D eigenvalue weighted by Crippen LogP contribution is -2.26. The fourth-order valence-electron chi connectivity index (χ4n) is 1.84. The first kappa shape index (κ1) is 11.6. The zero-order valence-electron chi connectivity index (χ0n) is 8.56. The Balaban J connectivity index is 2.39. The van der Waals surface area contributed by atoms with Crippen molar-refractivity contribution in [3.05, 3.63) is 28.2 Å². The van der Waals surface area contributed by atoms with Gasteiger partial charge in [-0.05, 0) is 12.1 Å². The second-order valence-electron chi connectivity index (χ2n) is 3.79. The quantitative estimate of drug-likeness (QED) is 0.854. The third-order valence-electron chi connectivity index (χ3n) is 2.61. The van der Waals surface area contributed by atoms with E-state index < -0.39 is 6.10 Å². The van der Waals surface area contributed by atoms with Crippen LogP contribution in [0.1, 0.15) is 12.0 Å². The van der Waals surface area contributed by atoms with Crippen LogP contribution in [0.15, 0.2) is 22.7 Å². The van der Waals surface area contributed by atoms with Crippen molar-refractivity contribution >= 4 is 27.5 Å². The van der Waals surface area contributed by atoms with E-state index in [9.17, 15) is 15.0 Å². The predicted molar refractivity (Wildman–Crippen MR) is 63.0 cm³/mol. The summed E-state index contributed by atoms with van der Waals surface area (Å²) >= 11 is 3.33. The van der Waals surface area contributed by atoms with Crippen molar-refractivity contribution in [3.63, 3.8) is 0 Å². The van der Waals surface area contributed by atoms with Crippen LogP contribution in [0, 0.1) is 0 Å². The van der Waals surface area contributed by atoms with Gasteiger partial charge in [-0.25, -0.2) is 0 Å². The standard InChI is InChI=1S/C11H12BrNO3/c12-8-2-1-7(6-14)10(3-8)13-5-9(15)4-11(13)16/h1-3,9,14-15H,4-6H2. The Morgan fingerprint density at radius 2 is 2.25 bits per heavy atom. The van der Waals surface area contributed by atoms with Gasteiger partial charge in [0.05, 0.1) is 31.4 Å². The number of benzene rings is 1. The summed E-state index contributed by atoms with van der Waals surface area (Å²) in [4.78, 5) is 13.1. The third kappa shape index (κ3) is 2.11. The van der Waals surface area contributed by atoms with Crippen LogP contribution in [0.25, 0.3) is 0 Å². The molecule has 4 nitrogen and oxygen atoms in total. The molecule has 1 atom stereocenters. The number of anilines is 1. The fourth-order valence-corrected chi connectivity index (χ4v) is 2.19. The van der Waals surface area contributed by atoms with Crippen LogP contribution >= 0.6 is 15.9 Å². The predicted octanol–water partition coefficient (Wildman–Crippen LogP) is 1.04. The molecule has 1 aromatic carbocycles. The van der Waals surface area contributed by atoms with E-state index in [2.05, 4.69) is 15.9 Å². The number of β-amino-alcohol motifs (C(OH)–C–C–N with tert-alkyl or cyclic N) is 1. The summed E-state index contributed by atoms with van der Waals surface area (Å²) in [6.07, 6.45) is -0.463. The molecular formula is C11H12BrNO3. The first-order valence-electron chi connectivity index (χ1n) is 4.99. The number of nitrogens with zero attached hydrogens (tertiary/aromatic N) is 1. The normalized spacial score (nSPS) is 20.6. The van der Waals surface area contributed by atoms with Gasteiger partial charge in [0, 0.05) is 10.0 Å². The van der Waals surface area contributed by atoms with Gasteiger partial charge in [-0.1, -0.05) is 22.0 Å². The lowest BCUT2D eigenvalue weighted by molar-refractivity contribution is -0.117. The molecule has 1 aliphatic heterocycles. The number of hydrogen-bond donors (Lipinski definition) is 2. The van der Waals surface area contributed by atoms with E-state index in [-0.39, 0.29) is 18.9 Å². The van der Waals surface area contributed by atoms with Gasteiger partial charge in [-0.3, -0.25) is 4.79 Å². The fraction of sp³-hybridized carbons (Fsp3) is 0.364. The Bertz CT molecular complexity index is 422. The van der Waals surface area contributed by atoms with E-state index in [1.54, 1.807) is 12.1 Å². The van der Waals surface area contributed by atoms with Gasteiger partial charge in [0.2, 0.25) is 5.91 Å². The molecule has 1 unspecified atom stereocenters. The molecule has 5 heteroatoms. The van der Waals surface area contributed by atoms with Crippen LogP contribution in [-0.2, 0) is 11.4 Å². The minimum Gasteiger partial charge on any atom is -0.392 e. The van der Waals surface area contributed by atoms with Crippen LogP contribution < -0.4 is 4.90 Å². The van der Waals surface area contributed by atoms with Crippen molar-refractivity contribution in [1.82, 2.24) is 0 Å². The minimum absolute atomic E-state index is 0.111. The number of halogens is 1. The van der Waals surface area contributed by atoms with Gasteiger partial charge in [0.15, 0.2) is 0 Å². The first-order valence-corrected chi connectivity index (χ1v) is 5.79. The second-order valence-corrected chi connectivity index (χ2v) is 4.71. The summed E-state index contributed by atoms with van der Waals surface area (Å²) in [6, 6.07) is 5.35. The van der Waals surface area contributed by atoms with E-state index in [1.165, 1.54) is 4.90 Å². The molecule has 1 saturated heterocycles. The third-order valence-corrected chi connectivity index (χ3v) is 3.11. The molecule has 1 aliphatic rings. The van der Waals surface area contributed by atoms with Crippen molar-refractivity contribution in [2.24, 2.45) is 0 Å². The summed E-state index contributed by atoms with van der Waals surface area (Å²) < 4.78 is 0.842. The number of aliphatic hydroxyl groups is 2. The summed E-state index contributed by atoms with van der Waals surface area (Å²) in [7, 11) is 0. The molecule has 16 heavy (non-hydrogen) atoms. The average molecular weight is 286 g/mol. The number of aliphatic hydroxyl groups excluding tert-OH is 2. The van der Waals surface area contributed by atoms with Crippen molar-refractivity contribution in [3.8, 4) is 0 Å². The number of carbonyl (C=O) groups excluding carboxylic acids is 1. The topological polar surface area (TPSA) is 60.8 Å². The zero-order chi connectivity index (χ0) is 11.7. The van der Waals surface area contributed by atoms with Crippen LogP contribution in [0.5, 0.6) is 0 Å². The van der Waals surface area contributed by atoms with E-state index in [4.69, 9.17) is 0 Å². The van der Waals surface area contributed by atoms with Gasteiger partial charge in [-0.15, -0.1) is 0 Å².